The highest BCUT2D eigenvalue weighted by Gasteiger charge is 2.39. The third kappa shape index (κ3) is 2.23. The number of hydrogen-bond acceptors (Lipinski definition) is 3. The van der Waals surface area contributed by atoms with Crippen molar-refractivity contribution in [3.8, 4) is 0 Å². The van der Waals surface area contributed by atoms with E-state index in [4.69, 9.17) is 0 Å². The van der Waals surface area contributed by atoms with Crippen LogP contribution in [0.4, 0.5) is 5.82 Å². The van der Waals surface area contributed by atoms with E-state index in [9.17, 15) is 14.4 Å². The molecule has 0 unspecified atom stereocenters. The van der Waals surface area contributed by atoms with Crippen molar-refractivity contribution < 1.29 is 14.4 Å². The molecule has 0 N–H and O–H groups in total. The quantitative estimate of drug-likeness (QED) is 0.501. The molecule has 0 bridgehead atoms. The second-order valence-electron chi connectivity index (χ2n) is 6.56. The Labute approximate surface area is 160 Å². The first kappa shape index (κ1) is 16.2. The first-order valence-electron chi connectivity index (χ1n) is 8.85. The van der Waals surface area contributed by atoms with Gasteiger partial charge < -0.3 is 0 Å². The number of amides is 2. The lowest BCUT2D eigenvalue weighted by atomic mass is 10.1. The Balaban J connectivity index is 1.74. The molecule has 1 aliphatic heterocycles. The number of nitrogens with zero attached hydrogens (tertiary/aromatic N) is 2. The van der Waals surface area contributed by atoms with E-state index < -0.39 is 11.8 Å². The average molecular weight is 366 g/mol. The number of fused-ring (bicyclic) bond motifs is 2. The first-order chi connectivity index (χ1) is 13.7. The SMILES string of the molecule is O=C1c2ccccc2C(=O)N1c1cc2ccccc2n1C(=O)c1ccccc1. The summed E-state index contributed by atoms with van der Waals surface area (Å²) in [5, 5.41) is 0.776. The fourth-order valence-corrected chi connectivity index (χ4v) is 3.63. The lowest BCUT2D eigenvalue weighted by Crippen LogP contribution is -2.32. The third-order valence-corrected chi connectivity index (χ3v) is 4.94. The molecule has 0 atom stereocenters. The van der Waals surface area contributed by atoms with Crippen molar-refractivity contribution in [3.05, 3.63) is 102 Å². The van der Waals surface area contributed by atoms with Gasteiger partial charge >= 0.3 is 0 Å². The van der Waals surface area contributed by atoms with Gasteiger partial charge in [0.25, 0.3) is 17.7 Å². The highest BCUT2D eigenvalue weighted by molar-refractivity contribution is 6.35. The second kappa shape index (κ2) is 6.03. The monoisotopic (exact) mass is 366 g/mol. The molecule has 5 heteroatoms. The molecule has 0 spiro atoms. The van der Waals surface area contributed by atoms with Gasteiger partial charge in [0.1, 0.15) is 5.82 Å². The highest BCUT2D eigenvalue weighted by atomic mass is 16.2. The minimum atomic E-state index is -0.425. The lowest BCUT2D eigenvalue weighted by Gasteiger charge is -2.17. The minimum Gasteiger partial charge on any atom is -0.268 e. The van der Waals surface area contributed by atoms with Crippen LogP contribution >= 0.6 is 0 Å². The van der Waals surface area contributed by atoms with Crippen molar-refractivity contribution in [2.45, 2.75) is 0 Å². The summed E-state index contributed by atoms with van der Waals surface area (Å²) in [7, 11) is 0. The van der Waals surface area contributed by atoms with Crippen LogP contribution in [-0.4, -0.2) is 22.3 Å². The van der Waals surface area contributed by atoms with E-state index in [1.54, 1.807) is 60.7 Å². The molecule has 0 fully saturated rings. The topological polar surface area (TPSA) is 59.4 Å². The minimum absolute atomic E-state index is 0.251. The molecule has 2 heterocycles. The van der Waals surface area contributed by atoms with Gasteiger partial charge in [-0.1, -0.05) is 48.5 Å². The maximum atomic E-state index is 13.3. The summed E-state index contributed by atoms with van der Waals surface area (Å²) in [6.07, 6.45) is 0. The van der Waals surface area contributed by atoms with Crippen LogP contribution in [0.1, 0.15) is 31.1 Å². The highest BCUT2D eigenvalue weighted by Crippen LogP contribution is 2.33. The number of anilines is 1. The molecule has 3 aromatic carbocycles. The molecule has 0 saturated carbocycles. The number of carbonyl (C=O) groups excluding carboxylic acids is 3. The maximum Gasteiger partial charge on any atom is 0.267 e. The summed E-state index contributed by atoms with van der Waals surface area (Å²) in [5.41, 5.74) is 1.80. The molecule has 5 nitrogen and oxygen atoms in total. The number of carbonyl (C=O) groups is 3. The number of imide groups is 1. The van der Waals surface area contributed by atoms with Gasteiger partial charge in [0, 0.05) is 10.9 Å². The summed E-state index contributed by atoms with van der Waals surface area (Å²) in [4.78, 5) is 40.3. The molecule has 0 aliphatic carbocycles. The maximum absolute atomic E-state index is 13.3. The van der Waals surface area contributed by atoms with Gasteiger partial charge in [0.05, 0.1) is 16.6 Å². The van der Waals surface area contributed by atoms with Crippen LogP contribution in [0.3, 0.4) is 0 Å². The molecule has 2 amide bonds. The molecular weight excluding hydrogens is 352 g/mol. The Morgan fingerprint density at radius 1 is 0.679 bits per heavy atom. The molecular formula is C23H14N2O3. The van der Waals surface area contributed by atoms with Crippen molar-refractivity contribution >= 4 is 34.4 Å². The Kier molecular flexibility index (Phi) is 3.49. The lowest BCUT2D eigenvalue weighted by molar-refractivity contribution is 0.0922. The third-order valence-electron chi connectivity index (χ3n) is 4.94. The molecule has 5 rings (SSSR count). The van der Waals surface area contributed by atoms with Crippen LogP contribution in [0, 0.1) is 0 Å². The van der Waals surface area contributed by atoms with Gasteiger partial charge in [0.2, 0.25) is 0 Å². The number of benzene rings is 3. The molecule has 0 saturated heterocycles. The first-order valence-corrected chi connectivity index (χ1v) is 8.85. The Morgan fingerprint density at radius 2 is 1.25 bits per heavy atom. The smallest absolute Gasteiger partial charge is 0.267 e. The molecule has 0 radical (unpaired) electrons. The molecule has 1 aromatic heterocycles. The second-order valence-corrected chi connectivity index (χ2v) is 6.56. The van der Waals surface area contributed by atoms with E-state index in [1.165, 1.54) is 4.57 Å². The van der Waals surface area contributed by atoms with Crippen molar-refractivity contribution in [2.75, 3.05) is 4.90 Å². The van der Waals surface area contributed by atoms with E-state index in [1.807, 2.05) is 24.3 Å². The number of aromatic nitrogens is 1. The van der Waals surface area contributed by atoms with E-state index in [2.05, 4.69) is 0 Å². The van der Waals surface area contributed by atoms with Gasteiger partial charge in [-0.25, -0.2) is 4.90 Å². The molecule has 1 aliphatic rings. The zero-order chi connectivity index (χ0) is 19.3. The fourth-order valence-electron chi connectivity index (χ4n) is 3.63. The standard InChI is InChI=1S/C23H14N2O3/c26-21(15-8-2-1-3-9-15)24-19-13-7-4-10-16(19)14-20(24)25-22(27)17-11-5-6-12-18(17)23(25)28/h1-14H. The van der Waals surface area contributed by atoms with E-state index >= 15 is 0 Å². The fraction of sp³-hybridized carbons (Fsp3) is 0. The zero-order valence-corrected chi connectivity index (χ0v) is 14.7. The predicted octanol–water partition coefficient (Wildman–Crippen LogP) is 4.13. The van der Waals surface area contributed by atoms with Gasteiger partial charge in [-0.3, -0.25) is 19.0 Å². The summed E-state index contributed by atoms with van der Waals surface area (Å²) < 4.78 is 1.44. The van der Waals surface area contributed by atoms with Gasteiger partial charge in [0.15, 0.2) is 0 Å². The molecule has 134 valence electrons. The van der Waals surface area contributed by atoms with E-state index in [0.29, 0.717) is 22.2 Å². The predicted molar refractivity (Wildman–Crippen MR) is 106 cm³/mol. The van der Waals surface area contributed by atoms with E-state index in [0.717, 1.165) is 10.3 Å². The van der Waals surface area contributed by atoms with Crippen molar-refractivity contribution in [2.24, 2.45) is 0 Å². The van der Waals surface area contributed by atoms with Gasteiger partial charge in [-0.2, -0.15) is 0 Å². The molecule has 4 aromatic rings. The number of hydrogen-bond donors (Lipinski definition) is 0. The zero-order valence-electron chi connectivity index (χ0n) is 14.7. The van der Waals surface area contributed by atoms with Crippen LogP contribution in [-0.2, 0) is 0 Å². The summed E-state index contributed by atoms with van der Waals surface area (Å²) >= 11 is 0. The Morgan fingerprint density at radius 3 is 1.93 bits per heavy atom. The van der Waals surface area contributed by atoms with Gasteiger partial charge in [-0.05, 0) is 36.4 Å². The van der Waals surface area contributed by atoms with E-state index in [-0.39, 0.29) is 11.7 Å². The average Bonchev–Trinajstić information content (AvgIpc) is 3.23. The van der Waals surface area contributed by atoms with Crippen molar-refractivity contribution in [3.63, 3.8) is 0 Å². The van der Waals surface area contributed by atoms with Crippen LogP contribution in [0.15, 0.2) is 84.9 Å². The normalized spacial score (nSPS) is 13.2. The summed E-state index contributed by atoms with van der Waals surface area (Å²) in [6.45, 7) is 0. The summed E-state index contributed by atoms with van der Waals surface area (Å²) in [6, 6.07) is 24.5. The van der Waals surface area contributed by atoms with Crippen LogP contribution in [0.2, 0.25) is 0 Å². The molecule has 28 heavy (non-hydrogen) atoms. The summed E-state index contributed by atoms with van der Waals surface area (Å²) in [5.74, 6) is -0.898. The Bertz CT molecular complexity index is 1240. The number of para-hydroxylation sites is 1. The van der Waals surface area contributed by atoms with Crippen LogP contribution < -0.4 is 4.90 Å². The van der Waals surface area contributed by atoms with Crippen LogP contribution in [0.5, 0.6) is 0 Å². The Hall–Kier alpha value is -3.99. The largest absolute Gasteiger partial charge is 0.268 e. The van der Waals surface area contributed by atoms with Crippen LogP contribution in [0.25, 0.3) is 10.9 Å². The number of rotatable bonds is 2. The van der Waals surface area contributed by atoms with Crippen molar-refractivity contribution in [1.82, 2.24) is 4.57 Å². The van der Waals surface area contributed by atoms with Gasteiger partial charge in [-0.15, -0.1) is 0 Å². The van der Waals surface area contributed by atoms with Crippen molar-refractivity contribution in [1.29, 1.82) is 0 Å².